The average molecular weight is 489 g/mol. The molecule has 2 N–H and O–H groups in total. The molecule has 0 fully saturated rings. The molecule has 0 bridgehead atoms. The predicted octanol–water partition coefficient (Wildman–Crippen LogP) is 4.35. The number of benzene rings is 3. The van der Waals surface area contributed by atoms with E-state index in [1.807, 2.05) is 38.1 Å². The Kier molecular flexibility index (Phi) is 7.74. The van der Waals surface area contributed by atoms with Gasteiger partial charge in [-0.2, -0.15) is 4.68 Å². The summed E-state index contributed by atoms with van der Waals surface area (Å²) < 4.78 is 7.01. The lowest BCUT2D eigenvalue weighted by atomic mass is 10.1. The van der Waals surface area contributed by atoms with E-state index in [1.165, 1.54) is 11.8 Å². The van der Waals surface area contributed by atoms with Crippen LogP contribution in [0.4, 0.5) is 11.4 Å². The number of tetrazole rings is 1. The second-order valence-corrected chi connectivity index (χ2v) is 8.45. The molecule has 3 aromatic carbocycles. The fourth-order valence-electron chi connectivity index (χ4n) is 3.30. The van der Waals surface area contributed by atoms with Crippen molar-refractivity contribution in [3.8, 4) is 11.4 Å². The lowest BCUT2D eigenvalue weighted by molar-refractivity contribution is -0.113. The highest BCUT2D eigenvalue weighted by Crippen LogP contribution is 2.22. The number of thioether (sulfide) groups is 1. The highest BCUT2D eigenvalue weighted by molar-refractivity contribution is 7.99. The van der Waals surface area contributed by atoms with E-state index < -0.39 is 0 Å². The second-order valence-electron chi connectivity index (χ2n) is 7.51. The zero-order valence-corrected chi connectivity index (χ0v) is 20.1. The highest BCUT2D eigenvalue weighted by Gasteiger charge is 2.16. The van der Waals surface area contributed by atoms with Gasteiger partial charge in [0, 0.05) is 5.69 Å². The van der Waals surface area contributed by atoms with Gasteiger partial charge in [0.2, 0.25) is 11.1 Å². The van der Waals surface area contributed by atoms with Crippen LogP contribution in [-0.2, 0) is 4.79 Å². The topological polar surface area (TPSA) is 111 Å². The molecule has 2 amide bonds. The molecule has 1 aromatic heterocycles. The van der Waals surface area contributed by atoms with Crippen LogP contribution < -0.4 is 15.4 Å². The maximum Gasteiger partial charge on any atom is 0.257 e. The van der Waals surface area contributed by atoms with Gasteiger partial charge in [0.25, 0.3) is 5.91 Å². The van der Waals surface area contributed by atoms with Crippen molar-refractivity contribution >= 4 is 35.0 Å². The number of nitrogens with zero attached hydrogens (tertiary/aromatic N) is 4. The zero-order valence-electron chi connectivity index (χ0n) is 19.3. The number of rotatable bonds is 9. The normalized spacial score (nSPS) is 10.6. The molecule has 0 atom stereocenters. The molecule has 0 aliphatic carbocycles. The number of carbonyl (C=O) groups excluding carboxylic acids is 2. The maximum atomic E-state index is 12.9. The quantitative estimate of drug-likeness (QED) is 0.337. The van der Waals surface area contributed by atoms with Crippen molar-refractivity contribution in [2.45, 2.75) is 19.0 Å². The van der Waals surface area contributed by atoms with E-state index in [-0.39, 0.29) is 17.6 Å². The molecule has 0 unspecified atom stereocenters. The third-order valence-corrected chi connectivity index (χ3v) is 5.81. The summed E-state index contributed by atoms with van der Waals surface area (Å²) in [6.45, 7) is 4.46. The van der Waals surface area contributed by atoms with Crippen LogP contribution in [0.1, 0.15) is 22.8 Å². The van der Waals surface area contributed by atoms with Crippen LogP contribution in [0.2, 0.25) is 0 Å². The summed E-state index contributed by atoms with van der Waals surface area (Å²) in [4.78, 5) is 25.6. The van der Waals surface area contributed by atoms with Gasteiger partial charge in [-0.25, -0.2) is 0 Å². The number of para-hydroxylation sites is 1. The first kappa shape index (κ1) is 24.0. The van der Waals surface area contributed by atoms with Crippen molar-refractivity contribution in [2.24, 2.45) is 0 Å². The van der Waals surface area contributed by atoms with Gasteiger partial charge in [-0.05, 0) is 78.4 Å². The van der Waals surface area contributed by atoms with Crippen LogP contribution in [0.5, 0.6) is 5.75 Å². The molecule has 0 saturated heterocycles. The number of aromatic nitrogens is 4. The van der Waals surface area contributed by atoms with Crippen molar-refractivity contribution in [3.63, 3.8) is 0 Å². The van der Waals surface area contributed by atoms with Gasteiger partial charge < -0.3 is 15.4 Å². The molecule has 1 heterocycles. The van der Waals surface area contributed by atoms with Crippen molar-refractivity contribution in [3.05, 3.63) is 83.9 Å². The summed E-state index contributed by atoms with van der Waals surface area (Å²) in [6.07, 6.45) is 0. The minimum atomic E-state index is -0.332. The first-order valence-electron chi connectivity index (χ1n) is 10.9. The number of carbonyl (C=O) groups is 2. The fraction of sp³-hybridized carbons (Fsp3) is 0.160. The van der Waals surface area contributed by atoms with Gasteiger partial charge in [0.05, 0.1) is 29.3 Å². The maximum absolute atomic E-state index is 12.9. The molecule has 4 rings (SSSR count). The Balaban J connectivity index is 1.39. The van der Waals surface area contributed by atoms with E-state index in [9.17, 15) is 9.59 Å². The Morgan fingerprint density at radius 1 is 1.00 bits per heavy atom. The molecule has 0 radical (unpaired) electrons. The van der Waals surface area contributed by atoms with Gasteiger partial charge in [0.1, 0.15) is 5.75 Å². The lowest BCUT2D eigenvalue weighted by Gasteiger charge is -2.12. The van der Waals surface area contributed by atoms with E-state index in [0.29, 0.717) is 28.7 Å². The monoisotopic (exact) mass is 488 g/mol. The van der Waals surface area contributed by atoms with E-state index in [2.05, 4.69) is 26.2 Å². The number of nitrogens with one attached hydrogen (secondary N) is 2. The molecular formula is C25H24N6O3S. The molecule has 0 aliphatic rings. The van der Waals surface area contributed by atoms with Gasteiger partial charge in [-0.1, -0.05) is 36.0 Å². The lowest BCUT2D eigenvalue weighted by Crippen LogP contribution is -2.19. The molecule has 178 valence electrons. The SMILES string of the molecule is CCOc1ccc(NC(=O)c2ccccc2NC(=O)CSc2nnnn2-c2cccc(C)c2)cc1. The Hall–Kier alpha value is -4.18. The first-order valence-corrected chi connectivity index (χ1v) is 11.9. The zero-order chi connectivity index (χ0) is 24.6. The summed E-state index contributed by atoms with van der Waals surface area (Å²) in [7, 11) is 0. The number of aryl methyl sites for hydroxylation is 1. The Bertz CT molecular complexity index is 1320. The van der Waals surface area contributed by atoms with Crippen LogP contribution in [0.15, 0.2) is 78.0 Å². The van der Waals surface area contributed by atoms with Crippen LogP contribution in [-0.4, -0.2) is 44.4 Å². The predicted molar refractivity (Wildman–Crippen MR) is 135 cm³/mol. The summed E-state index contributed by atoms with van der Waals surface area (Å²) in [5.74, 6) is 0.182. The first-order chi connectivity index (χ1) is 17.0. The van der Waals surface area contributed by atoms with E-state index in [0.717, 1.165) is 17.0 Å². The van der Waals surface area contributed by atoms with Crippen molar-refractivity contribution in [2.75, 3.05) is 23.0 Å². The summed E-state index contributed by atoms with van der Waals surface area (Å²) >= 11 is 1.21. The van der Waals surface area contributed by atoms with Crippen molar-refractivity contribution in [1.29, 1.82) is 0 Å². The number of hydrogen-bond donors (Lipinski definition) is 2. The third kappa shape index (κ3) is 6.24. The fourth-order valence-corrected chi connectivity index (χ4v) is 3.99. The Morgan fingerprint density at radius 2 is 1.80 bits per heavy atom. The van der Waals surface area contributed by atoms with Gasteiger partial charge in [-0.3, -0.25) is 9.59 Å². The molecule has 35 heavy (non-hydrogen) atoms. The van der Waals surface area contributed by atoms with Crippen LogP contribution in [0.25, 0.3) is 5.69 Å². The summed E-state index contributed by atoms with van der Waals surface area (Å²) in [5.41, 5.74) is 3.28. The highest BCUT2D eigenvalue weighted by atomic mass is 32.2. The van der Waals surface area contributed by atoms with Crippen LogP contribution in [0.3, 0.4) is 0 Å². The molecule has 4 aromatic rings. The number of ether oxygens (including phenoxy) is 1. The smallest absolute Gasteiger partial charge is 0.257 e. The average Bonchev–Trinajstić information content (AvgIpc) is 3.33. The minimum absolute atomic E-state index is 0.0705. The standard InChI is InChI=1S/C25H24N6O3S/c1-3-34-20-13-11-18(12-14-20)26-24(33)21-9-4-5-10-22(21)27-23(32)16-35-25-28-29-30-31(25)19-8-6-7-17(2)15-19/h4-15H,3,16H2,1-2H3,(H,26,33)(H,27,32). The van der Waals surface area contributed by atoms with E-state index in [4.69, 9.17) is 4.74 Å². The summed E-state index contributed by atoms with van der Waals surface area (Å²) in [6, 6.07) is 21.7. The molecule has 0 saturated carbocycles. The van der Waals surface area contributed by atoms with Crippen molar-refractivity contribution < 1.29 is 14.3 Å². The van der Waals surface area contributed by atoms with Crippen LogP contribution >= 0.6 is 11.8 Å². The Morgan fingerprint density at radius 3 is 2.57 bits per heavy atom. The summed E-state index contributed by atoms with van der Waals surface area (Å²) in [5, 5.41) is 17.9. The molecular weight excluding hydrogens is 464 g/mol. The van der Waals surface area contributed by atoms with Gasteiger partial charge in [-0.15, -0.1) is 5.10 Å². The molecule has 0 spiro atoms. The molecule has 9 nitrogen and oxygen atoms in total. The van der Waals surface area contributed by atoms with Crippen molar-refractivity contribution in [1.82, 2.24) is 20.2 Å². The number of amides is 2. The van der Waals surface area contributed by atoms with Gasteiger partial charge in [0.15, 0.2) is 0 Å². The van der Waals surface area contributed by atoms with Crippen LogP contribution in [0, 0.1) is 6.92 Å². The van der Waals surface area contributed by atoms with E-state index >= 15 is 0 Å². The van der Waals surface area contributed by atoms with Gasteiger partial charge >= 0.3 is 0 Å². The molecule has 0 aliphatic heterocycles. The second kappa shape index (κ2) is 11.3. The largest absolute Gasteiger partial charge is 0.494 e. The van der Waals surface area contributed by atoms with E-state index in [1.54, 1.807) is 53.2 Å². The third-order valence-electron chi connectivity index (χ3n) is 4.89. The number of hydrogen-bond acceptors (Lipinski definition) is 7. The molecule has 10 heteroatoms. The number of anilines is 2. The Labute approximate surface area is 206 Å². The minimum Gasteiger partial charge on any atom is -0.494 e.